The fourth-order valence-corrected chi connectivity index (χ4v) is 5.79. The number of nitrogens with zero attached hydrogens (tertiary/aromatic N) is 2. The lowest BCUT2D eigenvalue weighted by Crippen LogP contribution is -2.43. The zero-order chi connectivity index (χ0) is 20.9. The van der Waals surface area contributed by atoms with Gasteiger partial charge in [0.2, 0.25) is 21.8 Å². The summed E-state index contributed by atoms with van der Waals surface area (Å²) in [6, 6.07) is 4.83. The van der Waals surface area contributed by atoms with Crippen molar-refractivity contribution < 1.29 is 22.7 Å². The molecule has 29 heavy (non-hydrogen) atoms. The molecule has 1 saturated heterocycles. The molecule has 0 atom stereocenters. The maximum Gasteiger partial charge on any atom is 0.243 e. The second-order valence-corrected chi connectivity index (χ2v) is 9.86. The van der Waals surface area contributed by atoms with Crippen molar-refractivity contribution in [2.75, 3.05) is 50.0 Å². The molecule has 3 rings (SSSR count). The Kier molecular flexibility index (Phi) is 7.55. The van der Waals surface area contributed by atoms with Gasteiger partial charge >= 0.3 is 0 Å². The highest BCUT2D eigenvalue weighted by Gasteiger charge is 2.31. The summed E-state index contributed by atoms with van der Waals surface area (Å²) in [6.45, 7) is 4.47. The summed E-state index contributed by atoms with van der Waals surface area (Å²) in [4.78, 5) is 27.1. The first kappa shape index (κ1) is 22.1. The van der Waals surface area contributed by atoms with Crippen LogP contribution in [0.3, 0.4) is 0 Å². The fraction of sp³-hybridized carbons (Fsp3) is 0.579. The summed E-state index contributed by atoms with van der Waals surface area (Å²) in [7, 11) is -3.59. The first-order chi connectivity index (χ1) is 13.9. The van der Waals surface area contributed by atoms with Gasteiger partial charge in [-0.2, -0.15) is 4.31 Å². The maximum absolute atomic E-state index is 12.9. The number of hydrogen-bond acceptors (Lipinski definition) is 6. The van der Waals surface area contributed by atoms with Gasteiger partial charge in [-0.3, -0.25) is 9.59 Å². The third-order valence-corrected chi connectivity index (χ3v) is 7.81. The molecule has 2 amide bonds. The Balaban J connectivity index is 1.74. The van der Waals surface area contributed by atoms with Gasteiger partial charge in [0.05, 0.1) is 16.3 Å². The van der Waals surface area contributed by atoms with E-state index in [2.05, 4.69) is 5.32 Å². The largest absolute Gasteiger partial charge is 0.382 e. The van der Waals surface area contributed by atoms with Gasteiger partial charge in [0.25, 0.3) is 0 Å². The number of nitrogens with one attached hydrogen (secondary N) is 1. The average Bonchev–Trinajstić information content (AvgIpc) is 3.25. The molecule has 1 N–H and O–H groups in total. The lowest BCUT2D eigenvalue weighted by molar-refractivity contribution is -0.123. The van der Waals surface area contributed by atoms with Gasteiger partial charge in [-0.1, -0.05) is 0 Å². The van der Waals surface area contributed by atoms with Crippen molar-refractivity contribution in [1.29, 1.82) is 0 Å². The molecule has 160 valence electrons. The molecule has 8 nitrogen and oxygen atoms in total. The minimum Gasteiger partial charge on any atom is -0.382 e. The number of carbonyl (C=O) groups excluding carboxylic acids is 2. The first-order valence-corrected chi connectivity index (χ1v) is 12.3. The van der Waals surface area contributed by atoms with Crippen molar-refractivity contribution in [3.05, 3.63) is 18.2 Å². The second kappa shape index (κ2) is 9.92. The van der Waals surface area contributed by atoms with Crippen molar-refractivity contribution in [2.45, 2.75) is 36.0 Å². The summed E-state index contributed by atoms with van der Waals surface area (Å²) in [6.07, 6.45) is 2.40. The summed E-state index contributed by atoms with van der Waals surface area (Å²) in [5.74, 6) is -0.258. The molecule has 0 saturated carbocycles. The highest BCUT2D eigenvalue weighted by atomic mass is 32.2. The van der Waals surface area contributed by atoms with Crippen molar-refractivity contribution in [2.24, 2.45) is 0 Å². The van der Waals surface area contributed by atoms with Crippen molar-refractivity contribution in [3.63, 3.8) is 0 Å². The van der Waals surface area contributed by atoms with Crippen LogP contribution in [0.2, 0.25) is 0 Å². The number of carbonyl (C=O) groups is 2. The number of benzene rings is 1. The second-order valence-electron chi connectivity index (χ2n) is 6.91. The lowest BCUT2D eigenvalue weighted by Gasteiger charge is -2.29. The monoisotopic (exact) mass is 441 g/mol. The van der Waals surface area contributed by atoms with Crippen LogP contribution in [0, 0.1) is 0 Å². The van der Waals surface area contributed by atoms with Crippen LogP contribution in [0.4, 0.5) is 5.69 Å². The number of fused-ring (bicyclic) bond motifs is 1. The van der Waals surface area contributed by atoms with E-state index in [9.17, 15) is 18.0 Å². The Morgan fingerprint density at radius 2 is 2.03 bits per heavy atom. The van der Waals surface area contributed by atoms with Crippen molar-refractivity contribution in [3.8, 4) is 0 Å². The first-order valence-electron chi connectivity index (χ1n) is 9.85. The molecule has 1 aromatic carbocycles. The molecule has 0 aliphatic carbocycles. The molecule has 2 aliphatic rings. The Bertz CT molecular complexity index is 853. The molecule has 0 aromatic heterocycles. The topological polar surface area (TPSA) is 96.0 Å². The Morgan fingerprint density at radius 3 is 2.76 bits per heavy atom. The molecular formula is C19H27N3O5S2. The lowest BCUT2D eigenvalue weighted by atomic mass is 10.2. The van der Waals surface area contributed by atoms with Crippen LogP contribution in [0.15, 0.2) is 28.0 Å². The third kappa shape index (κ3) is 5.30. The molecule has 10 heteroatoms. The average molecular weight is 442 g/mol. The SMILES string of the molecule is CCOCCCNC(=O)CN1C(=O)CSc2ccc(S(=O)(=O)N3CCCC3)cc21. The molecule has 2 aliphatic heterocycles. The van der Waals surface area contributed by atoms with Crippen LogP contribution in [0.25, 0.3) is 0 Å². The quantitative estimate of drug-likeness (QED) is 0.583. The van der Waals surface area contributed by atoms with Gasteiger partial charge in [0.1, 0.15) is 6.54 Å². The van der Waals surface area contributed by atoms with E-state index in [1.54, 1.807) is 12.1 Å². The normalized spacial score (nSPS) is 17.4. The summed E-state index contributed by atoms with van der Waals surface area (Å²) < 4.78 is 32.5. The minimum atomic E-state index is -3.59. The van der Waals surface area contributed by atoms with Gasteiger partial charge in [-0.15, -0.1) is 11.8 Å². The number of thioether (sulfide) groups is 1. The van der Waals surface area contributed by atoms with Crippen LogP contribution in [-0.4, -0.2) is 69.7 Å². The van der Waals surface area contributed by atoms with E-state index in [1.165, 1.54) is 27.0 Å². The molecule has 1 aromatic rings. The molecule has 2 heterocycles. The third-order valence-electron chi connectivity index (χ3n) is 4.87. The zero-order valence-electron chi connectivity index (χ0n) is 16.6. The molecule has 1 fully saturated rings. The number of hydrogen-bond donors (Lipinski definition) is 1. The fourth-order valence-electron chi connectivity index (χ4n) is 3.34. The molecule has 0 unspecified atom stereocenters. The zero-order valence-corrected chi connectivity index (χ0v) is 18.2. The maximum atomic E-state index is 12.9. The molecule has 0 spiro atoms. The van der Waals surface area contributed by atoms with E-state index in [4.69, 9.17) is 4.74 Å². The van der Waals surface area contributed by atoms with E-state index in [0.29, 0.717) is 45.0 Å². The number of ether oxygens (including phenoxy) is 1. The van der Waals surface area contributed by atoms with Crippen molar-refractivity contribution in [1.82, 2.24) is 9.62 Å². The highest BCUT2D eigenvalue weighted by Crippen LogP contribution is 2.37. The number of amides is 2. The molecule has 0 bridgehead atoms. The smallest absolute Gasteiger partial charge is 0.243 e. The van der Waals surface area contributed by atoms with Crippen LogP contribution >= 0.6 is 11.8 Å². The summed E-state index contributed by atoms with van der Waals surface area (Å²) >= 11 is 1.36. The summed E-state index contributed by atoms with van der Waals surface area (Å²) in [5.41, 5.74) is 0.482. The number of sulfonamides is 1. The molecule has 0 radical (unpaired) electrons. The molecular weight excluding hydrogens is 414 g/mol. The Hall–Kier alpha value is -1.62. The van der Waals surface area contributed by atoms with Crippen LogP contribution < -0.4 is 10.2 Å². The van der Waals surface area contributed by atoms with E-state index < -0.39 is 10.0 Å². The predicted molar refractivity (Wildman–Crippen MR) is 112 cm³/mol. The van der Waals surface area contributed by atoms with Gasteiger partial charge in [-0.25, -0.2) is 8.42 Å². The Labute approximate surface area is 176 Å². The van der Waals surface area contributed by atoms with Gasteiger partial charge < -0.3 is 15.0 Å². The van der Waals surface area contributed by atoms with Gasteiger partial charge in [0, 0.05) is 37.7 Å². The summed E-state index contributed by atoms with van der Waals surface area (Å²) in [5, 5.41) is 2.78. The van der Waals surface area contributed by atoms with Crippen molar-refractivity contribution >= 4 is 39.3 Å². The highest BCUT2D eigenvalue weighted by molar-refractivity contribution is 8.00. The van der Waals surface area contributed by atoms with E-state index >= 15 is 0 Å². The van der Waals surface area contributed by atoms with Crippen LogP contribution in [0.1, 0.15) is 26.2 Å². The standard InChI is InChI=1S/C19H27N3O5S2/c1-2-27-11-5-8-20-18(23)13-22-16-12-15(6-7-17(16)28-14-19(22)24)29(25,26)21-9-3-4-10-21/h6-7,12H,2-5,8-11,13-14H2,1H3,(H,20,23). The minimum absolute atomic E-state index is 0.131. The van der Waals surface area contributed by atoms with Gasteiger partial charge in [-0.05, 0) is 44.4 Å². The number of rotatable bonds is 9. The van der Waals surface area contributed by atoms with E-state index in [0.717, 1.165) is 17.7 Å². The van der Waals surface area contributed by atoms with E-state index in [-0.39, 0.29) is 29.0 Å². The van der Waals surface area contributed by atoms with E-state index in [1.807, 2.05) is 6.92 Å². The Morgan fingerprint density at radius 1 is 1.28 bits per heavy atom. The van der Waals surface area contributed by atoms with Crippen LogP contribution in [-0.2, 0) is 24.3 Å². The number of anilines is 1. The van der Waals surface area contributed by atoms with Crippen LogP contribution in [0.5, 0.6) is 0 Å². The van der Waals surface area contributed by atoms with Gasteiger partial charge in [0.15, 0.2) is 0 Å². The predicted octanol–water partition coefficient (Wildman–Crippen LogP) is 1.45.